The van der Waals surface area contributed by atoms with E-state index < -0.39 is 0 Å². The van der Waals surface area contributed by atoms with E-state index in [0.29, 0.717) is 5.56 Å². The molecule has 1 rings (SSSR count). The number of aromatic nitrogens is 1. The van der Waals surface area contributed by atoms with Gasteiger partial charge in [0.05, 0.1) is 12.7 Å². The number of amides is 1. The number of H-pyrrole nitrogens is 1. The number of nitrogens with one attached hydrogen (secondary N) is 1. The number of hydrogen-bond acceptors (Lipinski definition) is 3. The van der Waals surface area contributed by atoms with E-state index in [1.807, 2.05) is 13.8 Å². The molecule has 0 aliphatic carbocycles. The second kappa shape index (κ2) is 6.78. The highest BCUT2D eigenvalue weighted by atomic mass is 16.7. The van der Waals surface area contributed by atoms with Crippen molar-refractivity contribution < 1.29 is 9.63 Å². The summed E-state index contributed by atoms with van der Waals surface area (Å²) in [6, 6.07) is 2.73. The molecule has 1 aromatic rings. The molecule has 0 aliphatic rings. The zero-order valence-corrected chi connectivity index (χ0v) is 9.40. The molecular formula is C10H16N2O3. The molecule has 0 unspecified atom stereocenters. The molecule has 0 aliphatic heterocycles. The molecule has 0 atom stereocenters. The maximum Gasteiger partial charge on any atom is 0.278 e. The third kappa shape index (κ3) is 3.95. The highest BCUT2D eigenvalue weighted by Gasteiger charge is 2.10. The van der Waals surface area contributed by atoms with Gasteiger partial charge in [-0.05, 0) is 6.07 Å². The lowest BCUT2D eigenvalue weighted by atomic mass is 10.3. The van der Waals surface area contributed by atoms with Gasteiger partial charge in [0.25, 0.3) is 5.91 Å². The fourth-order valence-corrected chi connectivity index (χ4v) is 0.808. The van der Waals surface area contributed by atoms with Crippen LogP contribution in [-0.2, 0) is 4.84 Å². The Morgan fingerprint density at radius 3 is 2.40 bits per heavy atom. The Bertz CT molecular complexity index is 339. The van der Waals surface area contributed by atoms with E-state index in [9.17, 15) is 9.59 Å². The van der Waals surface area contributed by atoms with E-state index >= 15 is 0 Å². The Morgan fingerprint density at radius 2 is 2.00 bits per heavy atom. The van der Waals surface area contributed by atoms with Gasteiger partial charge in [0, 0.05) is 19.3 Å². The summed E-state index contributed by atoms with van der Waals surface area (Å²) >= 11 is 0. The fourth-order valence-electron chi connectivity index (χ4n) is 0.808. The predicted octanol–water partition coefficient (Wildman–Crippen LogP) is 1.03. The average molecular weight is 212 g/mol. The third-order valence-corrected chi connectivity index (χ3v) is 1.59. The number of carbonyl (C=O) groups is 1. The summed E-state index contributed by atoms with van der Waals surface area (Å²) < 4.78 is 0. The van der Waals surface area contributed by atoms with E-state index in [1.165, 1.54) is 32.5 Å². The van der Waals surface area contributed by atoms with Crippen LogP contribution in [0, 0.1) is 0 Å². The van der Waals surface area contributed by atoms with Gasteiger partial charge in [0.2, 0.25) is 5.56 Å². The topological polar surface area (TPSA) is 62.4 Å². The van der Waals surface area contributed by atoms with Crippen LogP contribution < -0.4 is 5.56 Å². The van der Waals surface area contributed by atoms with Gasteiger partial charge in [-0.2, -0.15) is 0 Å². The number of aromatic amines is 1. The van der Waals surface area contributed by atoms with Crippen LogP contribution in [-0.4, -0.2) is 30.1 Å². The van der Waals surface area contributed by atoms with Crippen LogP contribution in [0.4, 0.5) is 0 Å². The first-order valence-corrected chi connectivity index (χ1v) is 4.66. The fraction of sp³-hybridized carbons (Fsp3) is 0.400. The summed E-state index contributed by atoms with van der Waals surface area (Å²) in [5.74, 6) is -0.307. The van der Waals surface area contributed by atoms with Gasteiger partial charge in [0.1, 0.15) is 0 Å². The standard InChI is InChI=1S/C8H10N2O3.C2H6/c1-10(13-2)8(12)6-3-4-7(11)9-5-6;1-2/h3-5H,1-2H3,(H,9,11);1-2H3. The first kappa shape index (κ1) is 13.4. The van der Waals surface area contributed by atoms with E-state index in [4.69, 9.17) is 0 Å². The van der Waals surface area contributed by atoms with Crippen LogP contribution in [0.15, 0.2) is 23.1 Å². The van der Waals surface area contributed by atoms with Gasteiger partial charge in [0.15, 0.2) is 0 Å². The predicted molar refractivity (Wildman–Crippen MR) is 57.5 cm³/mol. The lowest BCUT2D eigenvalue weighted by Gasteiger charge is -2.12. The summed E-state index contributed by atoms with van der Waals surface area (Å²) in [4.78, 5) is 29.1. The molecule has 1 aromatic heterocycles. The minimum absolute atomic E-state index is 0.239. The SMILES string of the molecule is CC.CON(C)C(=O)c1ccc(=O)[nH]c1. The summed E-state index contributed by atoms with van der Waals surface area (Å²) in [5, 5.41) is 1.08. The Labute approximate surface area is 88.6 Å². The van der Waals surface area contributed by atoms with Gasteiger partial charge in [-0.1, -0.05) is 13.8 Å². The molecule has 0 saturated carbocycles. The lowest BCUT2D eigenvalue weighted by Crippen LogP contribution is -2.26. The molecule has 0 fully saturated rings. The normalized spacial score (nSPS) is 8.80. The maximum absolute atomic E-state index is 11.4. The molecular weight excluding hydrogens is 196 g/mol. The summed E-state index contributed by atoms with van der Waals surface area (Å²) in [7, 11) is 2.89. The average Bonchev–Trinajstić information content (AvgIpc) is 2.31. The Hall–Kier alpha value is -1.62. The highest BCUT2D eigenvalue weighted by Crippen LogP contribution is 1.98. The molecule has 5 nitrogen and oxygen atoms in total. The Balaban J connectivity index is 0.000000921. The molecule has 1 N–H and O–H groups in total. The number of nitrogens with zero attached hydrogens (tertiary/aromatic N) is 1. The van der Waals surface area contributed by atoms with Crippen molar-refractivity contribution in [2.75, 3.05) is 14.2 Å². The summed E-state index contributed by atoms with van der Waals surface area (Å²) in [5.41, 5.74) is 0.139. The smallest absolute Gasteiger partial charge is 0.278 e. The monoisotopic (exact) mass is 212 g/mol. The first-order valence-electron chi connectivity index (χ1n) is 4.66. The largest absolute Gasteiger partial charge is 0.328 e. The van der Waals surface area contributed by atoms with Gasteiger partial charge in [-0.3, -0.25) is 14.4 Å². The molecule has 0 aromatic carbocycles. The van der Waals surface area contributed by atoms with Crippen molar-refractivity contribution in [3.63, 3.8) is 0 Å². The van der Waals surface area contributed by atoms with E-state index in [0.717, 1.165) is 5.06 Å². The molecule has 5 heteroatoms. The second-order valence-electron chi connectivity index (χ2n) is 2.43. The van der Waals surface area contributed by atoms with Crippen molar-refractivity contribution in [2.24, 2.45) is 0 Å². The van der Waals surface area contributed by atoms with Gasteiger partial charge in [-0.25, -0.2) is 5.06 Å². The van der Waals surface area contributed by atoms with Gasteiger partial charge in [-0.15, -0.1) is 0 Å². The van der Waals surface area contributed by atoms with Gasteiger partial charge < -0.3 is 4.98 Å². The molecule has 0 spiro atoms. The minimum atomic E-state index is -0.307. The van der Waals surface area contributed by atoms with Crippen LogP contribution in [0.2, 0.25) is 0 Å². The van der Waals surface area contributed by atoms with E-state index in [2.05, 4.69) is 9.82 Å². The van der Waals surface area contributed by atoms with Crippen molar-refractivity contribution in [2.45, 2.75) is 13.8 Å². The minimum Gasteiger partial charge on any atom is -0.328 e. The van der Waals surface area contributed by atoms with E-state index in [-0.39, 0.29) is 11.5 Å². The van der Waals surface area contributed by atoms with Crippen LogP contribution >= 0.6 is 0 Å². The van der Waals surface area contributed by atoms with Gasteiger partial charge >= 0.3 is 0 Å². The number of hydrogen-bond donors (Lipinski definition) is 1. The van der Waals surface area contributed by atoms with E-state index in [1.54, 1.807) is 0 Å². The van der Waals surface area contributed by atoms with Crippen LogP contribution in [0.25, 0.3) is 0 Å². The molecule has 1 amide bonds. The van der Waals surface area contributed by atoms with Crippen LogP contribution in [0.5, 0.6) is 0 Å². The Kier molecular flexibility index (Phi) is 6.05. The lowest BCUT2D eigenvalue weighted by molar-refractivity contribution is -0.0757. The highest BCUT2D eigenvalue weighted by molar-refractivity contribution is 5.92. The molecule has 1 heterocycles. The zero-order valence-electron chi connectivity index (χ0n) is 9.40. The summed E-state index contributed by atoms with van der Waals surface area (Å²) in [6.07, 6.45) is 1.35. The van der Waals surface area contributed by atoms with Crippen LogP contribution in [0.1, 0.15) is 24.2 Å². The number of hydroxylamine groups is 2. The molecule has 0 radical (unpaired) electrons. The number of rotatable bonds is 2. The number of carbonyl (C=O) groups excluding carboxylic acids is 1. The van der Waals surface area contributed by atoms with Crippen molar-refractivity contribution in [3.8, 4) is 0 Å². The maximum atomic E-state index is 11.4. The quantitative estimate of drug-likeness (QED) is 0.745. The zero-order chi connectivity index (χ0) is 11.8. The van der Waals surface area contributed by atoms with Crippen molar-refractivity contribution in [1.29, 1.82) is 0 Å². The Morgan fingerprint density at radius 1 is 1.40 bits per heavy atom. The summed E-state index contributed by atoms with van der Waals surface area (Å²) in [6.45, 7) is 4.00. The van der Waals surface area contributed by atoms with Crippen molar-refractivity contribution in [1.82, 2.24) is 10.0 Å². The van der Waals surface area contributed by atoms with Crippen molar-refractivity contribution in [3.05, 3.63) is 34.2 Å². The molecule has 0 saturated heterocycles. The first-order chi connectivity index (χ1) is 7.15. The molecule has 15 heavy (non-hydrogen) atoms. The molecule has 0 bridgehead atoms. The van der Waals surface area contributed by atoms with Crippen LogP contribution in [0.3, 0.4) is 0 Å². The second-order valence-corrected chi connectivity index (χ2v) is 2.43. The van der Waals surface area contributed by atoms with Crippen molar-refractivity contribution >= 4 is 5.91 Å². The molecule has 84 valence electrons. The third-order valence-electron chi connectivity index (χ3n) is 1.59. The number of pyridine rings is 1.